The van der Waals surface area contributed by atoms with Crippen LogP contribution in [0.15, 0.2) is 24.3 Å². The number of nitrogens with one attached hydrogen (secondary N) is 1. The zero-order valence-corrected chi connectivity index (χ0v) is 18.3. The predicted molar refractivity (Wildman–Crippen MR) is 117 cm³/mol. The molecule has 1 heterocycles. The summed E-state index contributed by atoms with van der Waals surface area (Å²) in [4.78, 5) is 32.0. The third-order valence-electron chi connectivity index (χ3n) is 6.25. The Bertz CT molecular complexity index is 696. The number of amides is 3. The van der Waals surface area contributed by atoms with Gasteiger partial charge in [0.05, 0.1) is 6.04 Å². The number of urea groups is 1. The molecule has 0 bridgehead atoms. The molecule has 1 aromatic carbocycles. The molecule has 7 heteroatoms. The first-order chi connectivity index (χ1) is 14.0. The molecule has 6 nitrogen and oxygen atoms in total. The number of likely N-dealkylation sites (N-methyl/N-ethyl adjacent to an activating group) is 1. The van der Waals surface area contributed by atoms with Crippen molar-refractivity contribution in [1.82, 2.24) is 14.7 Å². The Hall–Kier alpha value is -1.79. The van der Waals surface area contributed by atoms with Gasteiger partial charge in [0.25, 0.3) is 0 Å². The van der Waals surface area contributed by atoms with Gasteiger partial charge in [0, 0.05) is 50.0 Å². The van der Waals surface area contributed by atoms with Crippen molar-refractivity contribution in [1.29, 1.82) is 0 Å². The van der Waals surface area contributed by atoms with Gasteiger partial charge in [0.1, 0.15) is 0 Å². The quantitative estimate of drug-likeness (QED) is 0.758. The minimum Gasteiger partial charge on any atom is -0.342 e. The summed E-state index contributed by atoms with van der Waals surface area (Å²) in [7, 11) is 0. The van der Waals surface area contributed by atoms with Crippen molar-refractivity contribution in [2.45, 2.75) is 45.6 Å². The molecule has 1 saturated carbocycles. The maximum Gasteiger partial charge on any atom is 0.321 e. The molecule has 2 fully saturated rings. The van der Waals surface area contributed by atoms with Crippen molar-refractivity contribution in [2.24, 2.45) is 5.92 Å². The molecule has 3 amide bonds. The van der Waals surface area contributed by atoms with E-state index in [2.05, 4.69) is 10.2 Å². The van der Waals surface area contributed by atoms with Gasteiger partial charge >= 0.3 is 6.03 Å². The molecular formula is C22H33ClN4O2. The van der Waals surface area contributed by atoms with E-state index in [9.17, 15) is 9.59 Å². The van der Waals surface area contributed by atoms with Gasteiger partial charge < -0.3 is 15.1 Å². The second kappa shape index (κ2) is 10.3. The Morgan fingerprint density at radius 2 is 1.79 bits per heavy atom. The number of carbonyl (C=O) groups excluding carboxylic acids is 2. The number of halogens is 1. The summed E-state index contributed by atoms with van der Waals surface area (Å²) in [6.07, 6.45) is 4.70. The fourth-order valence-corrected chi connectivity index (χ4v) is 4.81. The summed E-state index contributed by atoms with van der Waals surface area (Å²) < 4.78 is 0. The average molecular weight is 421 g/mol. The normalized spacial score (nSPS) is 19.2. The fourth-order valence-electron chi connectivity index (χ4n) is 4.62. The van der Waals surface area contributed by atoms with Crippen LogP contribution in [-0.2, 0) is 4.79 Å². The van der Waals surface area contributed by atoms with E-state index >= 15 is 0 Å². The number of piperazine rings is 1. The van der Waals surface area contributed by atoms with Gasteiger partial charge in [-0.05, 0) is 50.8 Å². The zero-order chi connectivity index (χ0) is 20.8. The first-order valence-electron chi connectivity index (χ1n) is 10.9. The summed E-state index contributed by atoms with van der Waals surface area (Å²) in [5, 5.41) is 3.52. The SMILES string of the molecule is CCN(CC)C(=O)[C@@H](C1CCCC1)N1CCN(C(=O)Nc2cccc(Cl)c2)CC1. The lowest BCUT2D eigenvalue weighted by Crippen LogP contribution is -2.58. The molecule has 1 aromatic rings. The highest BCUT2D eigenvalue weighted by molar-refractivity contribution is 6.30. The molecule has 1 aliphatic carbocycles. The van der Waals surface area contributed by atoms with Gasteiger partial charge in [-0.15, -0.1) is 0 Å². The Balaban J connectivity index is 1.61. The van der Waals surface area contributed by atoms with Crippen LogP contribution in [0.4, 0.5) is 10.5 Å². The van der Waals surface area contributed by atoms with E-state index in [1.54, 1.807) is 12.1 Å². The van der Waals surface area contributed by atoms with Crippen LogP contribution >= 0.6 is 11.6 Å². The minimum absolute atomic E-state index is 0.0458. The van der Waals surface area contributed by atoms with Gasteiger partial charge in [-0.1, -0.05) is 30.5 Å². The van der Waals surface area contributed by atoms with Crippen molar-refractivity contribution < 1.29 is 9.59 Å². The second-order valence-corrected chi connectivity index (χ2v) is 8.40. The van der Waals surface area contributed by atoms with Crippen molar-refractivity contribution in [2.75, 3.05) is 44.6 Å². The molecule has 0 spiro atoms. The number of carbonyl (C=O) groups is 2. The molecule has 2 aliphatic rings. The highest BCUT2D eigenvalue weighted by Gasteiger charge is 2.38. The van der Waals surface area contributed by atoms with Crippen LogP contribution in [0.1, 0.15) is 39.5 Å². The number of hydrogen-bond acceptors (Lipinski definition) is 3. The van der Waals surface area contributed by atoms with Crippen molar-refractivity contribution >= 4 is 29.2 Å². The smallest absolute Gasteiger partial charge is 0.321 e. The average Bonchev–Trinajstić information content (AvgIpc) is 3.24. The lowest BCUT2D eigenvalue weighted by Gasteiger charge is -2.42. The van der Waals surface area contributed by atoms with Crippen LogP contribution in [0.25, 0.3) is 0 Å². The molecule has 0 unspecified atom stereocenters. The lowest BCUT2D eigenvalue weighted by atomic mass is 9.94. The third kappa shape index (κ3) is 5.43. The molecule has 160 valence electrons. The summed E-state index contributed by atoms with van der Waals surface area (Å²) >= 11 is 6.00. The highest BCUT2D eigenvalue weighted by atomic mass is 35.5. The Kier molecular flexibility index (Phi) is 7.78. The minimum atomic E-state index is -0.112. The number of rotatable bonds is 6. The van der Waals surface area contributed by atoms with Crippen LogP contribution in [0.2, 0.25) is 5.02 Å². The van der Waals surface area contributed by atoms with Crippen LogP contribution in [0.5, 0.6) is 0 Å². The number of benzene rings is 1. The third-order valence-corrected chi connectivity index (χ3v) is 6.48. The molecule has 3 rings (SSSR count). The Morgan fingerprint density at radius 3 is 2.38 bits per heavy atom. The van der Waals surface area contributed by atoms with Crippen molar-refractivity contribution in [3.8, 4) is 0 Å². The van der Waals surface area contributed by atoms with Gasteiger partial charge in [-0.25, -0.2) is 4.79 Å². The molecule has 29 heavy (non-hydrogen) atoms. The van der Waals surface area contributed by atoms with E-state index in [0.717, 1.165) is 39.0 Å². The molecular weight excluding hydrogens is 388 g/mol. The standard InChI is InChI=1S/C22H33ClN4O2/c1-3-25(4-2)21(28)20(17-8-5-6-9-17)26-12-14-27(15-13-26)22(29)24-19-11-7-10-18(23)16-19/h7,10-11,16-17,20H,3-6,8-9,12-15H2,1-2H3,(H,24,29)/t20-/m1/s1. The molecule has 1 N–H and O–H groups in total. The van der Waals surface area contributed by atoms with Crippen LogP contribution in [0.3, 0.4) is 0 Å². The lowest BCUT2D eigenvalue weighted by molar-refractivity contribution is -0.139. The summed E-state index contributed by atoms with van der Waals surface area (Å²) in [5.74, 6) is 0.702. The summed E-state index contributed by atoms with van der Waals surface area (Å²) in [6, 6.07) is 7.02. The van der Waals surface area contributed by atoms with E-state index < -0.39 is 0 Å². The van der Waals surface area contributed by atoms with Gasteiger partial charge in [-0.2, -0.15) is 0 Å². The van der Waals surface area contributed by atoms with E-state index in [1.807, 2.05) is 35.8 Å². The zero-order valence-electron chi connectivity index (χ0n) is 17.6. The fraction of sp³-hybridized carbons (Fsp3) is 0.636. The molecule has 0 radical (unpaired) electrons. The Morgan fingerprint density at radius 1 is 1.14 bits per heavy atom. The molecule has 0 aromatic heterocycles. The molecule has 1 atom stereocenters. The number of hydrogen-bond donors (Lipinski definition) is 1. The second-order valence-electron chi connectivity index (χ2n) is 7.96. The first-order valence-corrected chi connectivity index (χ1v) is 11.3. The van der Waals surface area contributed by atoms with Gasteiger partial charge in [0.15, 0.2) is 0 Å². The summed E-state index contributed by atoms with van der Waals surface area (Å²) in [5.41, 5.74) is 0.700. The maximum atomic E-state index is 13.3. The van der Waals surface area contributed by atoms with E-state index in [1.165, 1.54) is 12.8 Å². The van der Waals surface area contributed by atoms with E-state index in [-0.39, 0.29) is 18.0 Å². The number of anilines is 1. The van der Waals surface area contributed by atoms with Crippen LogP contribution in [0, 0.1) is 5.92 Å². The molecule has 1 aliphatic heterocycles. The summed E-state index contributed by atoms with van der Waals surface area (Å²) in [6.45, 7) is 8.31. The Labute approximate surface area is 179 Å². The first kappa shape index (κ1) is 21.9. The van der Waals surface area contributed by atoms with Gasteiger partial charge in [0.2, 0.25) is 5.91 Å². The molecule has 1 saturated heterocycles. The van der Waals surface area contributed by atoms with E-state index in [0.29, 0.717) is 29.7 Å². The number of nitrogens with zero attached hydrogens (tertiary/aromatic N) is 3. The largest absolute Gasteiger partial charge is 0.342 e. The highest BCUT2D eigenvalue weighted by Crippen LogP contribution is 2.32. The van der Waals surface area contributed by atoms with Crippen LogP contribution in [-0.4, -0.2) is 71.9 Å². The van der Waals surface area contributed by atoms with Crippen molar-refractivity contribution in [3.05, 3.63) is 29.3 Å². The maximum absolute atomic E-state index is 13.3. The van der Waals surface area contributed by atoms with Gasteiger partial charge in [-0.3, -0.25) is 9.69 Å². The van der Waals surface area contributed by atoms with E-state index in [4.69, 9.17) is 11.6 Å². The monoisotopic (exact) mass is 420 g/mol. The predicted octanol–water partition coefficient (Wildman–Crippen LogP) is 3.92. The van der Waals surface area contributed by atoms with Crippen LogP contribution < -0.4 is 5.32 Å². The van der Waals surface area contributed by atoms with Crippen molar-refractivity contribution in [3.63, 3.8) is 0 Å². The topological polar surface area (TPSA) is 55.9 Å².